The van der Waals surface area contributed by atoms with Crippen molar-refractivity contribution in [2.75, 3.05) is 13.2 Å². The normalized spacial score (nSPS) is 11.6. The number of aromatic nitrogens is 2. The van der Waals surface area contributed by atoms with E-state index >= 15 is 0 Å². The predicted octanol–water partition coefficient (Wildman–Crippen LogP) is 2.32. The number of sulfone groups is 1. The molecule has 0 amide bonds. The van der Waals surface area contributed by atoms with Crippen LogP contribution in [0.1, 0.15) is 11.1 Å². The standard InChI is InChI=1S/C21H18N2O8S/c1-13-12-18(24)30-19-14(2)17(9-8-16(13)19)28-10-11-29-20-21(23(25)31-22-20)32(26,27)15-6-4-3-5-7-15/h3-9,12H,10-11H2,1-2H3. The van der Waals surface area contributed by atoms with Crippen molar-refractivity contribution in [3.63, 3.8) is 0 Å². The van der Waals surface area contributed by atoms with Gasteiger partial charge in [0.1, 0.15) is 24.5 Å². The highest BCUT2D eigenvalue weighted by atomic mass is 32.2. The smallest absolute Gasteiger partial charge is 0.415 e. The van der Waals surface area contributed by atoms with Crippen molar-refractivity contribution < 1.29 is 31.8 Å². The molecule has 2 aromatic heterocycles. The molecule has 0 N–H and O–H groups in total. The molecule has 2 aromatic carbocycles. The minimum Gasteiger partial charge on any atom is -0.490 e. The van der Waals surface area contributed by atoms with E-state index in [1.54, 1.807) is 25.1 Å². The lowest BCUT2D eigenvalue weighted by Crippen LogP contribution is -2.31. The molecule has 4 rings (SSSR count). The first kappa shape index (κ1) is 21.4. The Morgan fingerprint density at radius 2 is 1.78 bits per heavy atom. The van der Waals surface area contributed by atoms with E-state index in [1.807, 2.05) is 6.92 Å². The van der Waals surface area contributed by atoms with Crippen molar-refractivity contribution in [1.29, 1.82) is 0 Å². The van der Waals surface area contributed by atoms with Gasteiger partial charge < -0.3 is 19.1 Å². The molecule has 0 aliphatic carbocycles. The highest BCUT2D eigenvalue weighted by Gasteiger charge is 2.35. The van der Waals surface area contributed by atoms with Gasteiger partial charge >= 0.3 is 16.5 Å². The maximum atomic E-state index is 12.7. The molecule has 32 heavy (non-hydrogen) atoms. The molecule has 0 fully saturated rings. The van der Waals surface area contributed by atoms with E-state index in [4.69, 9.17) is 13.9 Å². The van der Waals surface area contributed by atoms with Gasteiger partial charge in [0.15, 0.2) is 0 Å². The van der Waals surface area contributed by atoms with Gasteiger partial charge in [-0.3, -0.25) is 4.63 Å². The Morgan fingerprint density at radius 1 is 1.06 bits per heavy atom. The highest BCUT2D eigenvalue weighted by molar-refractivity contribution is 7.91. The Labute approximate surface area is 182 Å². The van der Waals surface area contributed by atoms with Crippen LogP contribution in [0, 0.1) is 19.1 Å². The first-order valence-electron chi connectivity index (χ1n) is 9.48. The maximum Gasteiger partial charge on any atom is 0.415 e. The summed E-state index contributed by atoms with van der Waals surface area (Å²) >= 11 is 0. The van der Waals surface area contributed by atoms with Crippen LogP contribution in [0.5, 0.6) is 11.6 Å². The van der Waals surface area contributed by atoms with Crippen LogP contribution in [0.25, 0.3) is 11.0 Å². The lowest BCUT2D eigenvalue weighted by Gasteiger charge is -2.11. The van der Waals surface area contributed by atoms with Gasteiger partial charge in [0.2, 0.25) is 0 Å². The summed E-state index contributed by atoms with van der Waals surface area (Å²) in [5.74, 6) is -0.00432. The van der Waals surface area contributed by atoms with Gasteiger partial charge in [-0.05, 0) is 48.6 Å². The van der Waals surface area contributed by atoms with Gasteiger partial charge in [-0.1, -0.05) is 18.2 Å². The largest absolute Gasteiger partial charge is 0.490 e. The molecule has 0 radical (unpaired) electrons. The zero-order chi connectivity index (χ0) is 22.9. The zero-order valence-electron chi connectivity index (χ0n) is 17.1. The van der Waals surface area contributed by atoms with Crippen molar-refractivity contribution in [3.8, 4) is 11.6 Å². The van der Waals surface area contributed by atoms with Crippen molar-refractivity contribution in [1.82, 2.24) is 5.16 Å². The van der Waals surface area contributed by atoms with E-state index in [-0.39, 0.29) is 23.0 Å². The molecule has 2 heterocycles. The zero-order valence-corrected chi connectivity index (χ0v) is 17.9. The summed E-state index contributed by atoms with van der Waals surface area (Å²) in [4.78, 5) is 11.4. The Bertz CT molecular complexity index is 1440. The first-order valence-corrected chi connectivity index (χ1v) is 11.0. The Balaban J connectivity index is 1.49. The van der Waals surface area contributed by atoms with Crippen LogP contribution >= 0.6 is 0 Å². The van der Waals surface area contributed by atoms with Gasteiger partial charge in [0, 0.05) is 17.0 Å². The number of nitrogens with zero attached hydrogens (tertiary/aromatic N) is 2. The van der Waals surface area contributed by atoms with Gasteiger partial charge in [0.05, 0.1) is 10.1 Å². The summed E-state index contributed by atoms with van der Waals surface area (Å²) in [6, 6.07) is 12.3. The van der Waals surface area contributed by atoms with Crippen LogP contribution in [-0.4, -0.2) is 26.8 Å². The summed E-state index contributed by atoms with van der Waals surface area (Å²) in [6.07, 6.45) is 0. The number of benzene rings is 2. The molecule has 0 bridgehead atoms. The molecule has 0 aliphatic heterocycles. The molecular formula is C21H18N2O8S. The van der Waals surface area contributed by atoms with Crippen LogP contribution in [0.3, 0.4) is 0 Å². The molecule has 166 valence electrons. The molecule has 0 spiro atoms. The van der Waals surface area contributed by atoms with Crippen LogP contribution in [-0.2, 0) is 9.84 Å². The van der Waals surface area contributed by atoms with Gasteiger partial charge in [-0.2, -0.15) is 0 Å². The first-order chi connectivity index (χ1) is 15.3. The number of hydrogen-bond acceptors (Lipinski definition) is 9. The lowest BCUT2D eigenvalue weighted by molar-refractivity contribution is -0.832. The summed E-state index contributed by atoms with van der Waals surface area (Å²) in [5, 5.41) is 15.3. The predicted molar refractivity (Wildman–Crippen MR) is 110 cm³/mol. The molecule has 4 aromatic rings. The monoisotopic (exact) mass is 458 g/mol. The molecular weight excluding hydrogens is 440 g/mol. The van der Waals surface area contributed by atoms with Crippen LogP contribution in [0.2, 0.25) is 0 Å². The van der Waals surface area contributed by atoms with E-state index in [2.05, 4.69) is 9.79 Å². The number of aryl methyl sites for hydroxylation is 2. The van der Waals surface area contributed by atoms with Crippen molar-refractivity contribution in [3.05, 3.63) is 75.3 Å². The molecule has 0 saturated carbocycles. The quantitative estimate of drug-likeness (QED) is 0.232. The number of hydrogen-bond donors (Lipinski definition) is 0. The number of fused-ring (bicyclic) bond motifs is 1. The third kappa shape index (κ3) is 3.89. The number of rotatable bonds is 7. The van der Waals surface area contributed by atoms with Crippen LogP contribution in [0.15, 0.2) is 72.3 Å². The van der Waals surface area contributed by atoms with E-state index in [1.165, 1.54) is 30.3 Å². The summed E-state index contributed by atoms with van der Waals surface area (Å²) in [5.41, 5.74) is 1.39. The SMILES string of the molecule is Cc1cc(=O)oc2c(C)c(OCCOc3no[n+]([O-])c3S(=O)(=O)c3ccccc3)ccc12. The van der Waals surface area contributed by atoms with E-state index in [0.717, 1.165) is 10.9 Å². The molecule has 0 unspecified atom stereocenters. The van der Waals surface area contributed by atoms with Gasteiger partial charge in [-0.15, -0.1) is 0 Å². The van der Waals surface area contributed by atoms with Crippen LogP contribution in [0.4, 0.5) is 0 Å². The summed E-state index contributed by atoms with van der Waals surface area (Å²) in [6.45, 7) is 3.44. The van der Waals surface area contributed by atoms with E-state index in [0.29, 0.717) is 16.9 Å². The van der Waals surface area contributed by atoms with Crippen LogP contribution < -0.4 is 20.0 Å². The fourth-order valence-electron chi connectivity index (χ4n) is 3.19. The second-order valence-electron chi connectivity index (χ2n) is 6.87. The molecule has 0 aliphatic rings. The third-order valence-corrected chi connectivity index (χ3v) is 6.48. The maximum absolute atomic E-state index is 12.7. The topological polar surface area (TPSA) is 136 Å². The van der Waals surface area contributed by atoms with Crippen molar-refractivity contribution in [2.24, 2.45) is 0 Å². The average molecular weight is 458 g/mol. The lowest BCUT2D eigenvalue weighted by atomic mass is 10.1. The Kier molecular flexibility index (Phi) is 5.57. The van der Waals surface area contributed by atoms with E-state index in [9.17, 15) is 18.4 Å². The average Bonchev–Trinajstić information content (AvgIpc) is 3.14. The second-order valence-corrected chi connectivity index (χ2v) is 8.73. The minimum atomic E-state index is -4.20. The second kappa shape index (κ2) is 8.35. The Hall–Kier alpha value is -3.86. The summed E-state index contributed by atoms with van der Waals surface area (Å²) < 4.78 is 46.3. The molecule has 10 nitrogen and oxygen atoms in total. The van der Waals surface area contributed by atoms with Gasteiger partial charge in [0.25, 0.3) is 9.84 Å². The highest BCUT2D eigenvalue weighted by Crippen LogP contribution is 2.28. The van der Waals surface area contributed by atoms with Crippen molar-refractivity contribution in [2.45, 2.75) is 23.8 Å². The fourth-order valence-corrected chi connectivity index (χ4v) is 4.48. The van der Waals surface area contributed by atoms with Crippen molar-refractivity contribution >= 4 is 20.8 Å². The molecule has 11 heteroatoms. The number of ether oxygens (including phenoxy) is 2. The third-order valence-electron chi connectivity index (χ3n) is 4.75. The molecule has 0 saturated heterocycles. The Morgan fingerprint density at radius 3 is 2.53 bits per heavy atom. The van der Waals surface area contributed by atoms with E-state index < -0.39 is 26.4 Å². The minimum absolute atomic E-state index is 0.00106. The molecule has 0 atom stereocenters. The summed E-state index contributed by atoms with van der Waals surface area (Å²) in [7, 11) is -4.20. The van der Waals surface area contributed by atoms with Gasteiger partial charge in [-0.25, -0.2) is 13.2 Å². The fraction of sp³-hybridized carbons (Fsp3) is 0.190.